The summed E-state index contributed by atoms with van der Waals surface area (Å²) in [6.07, 6.45) is 7.05. The predicted octanol–water partition coefficient (Wildman–Crippen LogP) is 1.51. The van der Waals surface area contributed by atoms with Crippen LogP contribution in [-0.4, -0.2) is 19.8 Å². The molecule has 0 amide bonds. The minimum absolute atomic E-state index is 0.0455. The van der Waals surface area contributed by atoms with Crippen molar-refractivity contribution in [2.75, 3.05) is 11.5 Å². The van der Waals surface area contributed by atoms with Gasteiger partial charge in [-0.1, -0.05) is 12.8 Å². The van der Waals surface area contributed by atoms with Crippen LogP contribution in [0.1, 0.15) is 32.1 Å². The van der Waals surface area contributed by atoms with Crippen molar-refractivity contribution in [3.05, 3.63) is 28.7 Å². The smallest absolute Gasteiger partial charge is 0.250 e. The molecule has 4 nitrogen and oxygen atoms in total. The van der Waals surface area contributed by atoms with E-state index in [4.69, 9.17) is 5.73 Å². The molecule has 100 valence electrons. The van der Waals surface area contributed by atoms with Crippen LogP contribution in [0, 0.1) is 0 Å². The van der Waals surface area contributed by atoms with E-state index in [2.05, 4.69) is 0 Å². The maximum absolute atomic E-state index is 12.0. The Bertz CT molecular complexity index is 478. The Labute approximate surface area is 110 Å². The molecule has 2 rings (SSSR count). The van der Waals surface area contributed by atoms with Crippen molar-refractivity contribution in [3.63, 3.8) is 0 Å². The molecule has 1 fully saturated rings. The van der Waals surface area contributed by atoms with E-state index in [1.165, 1.54) is 18.9 Å². The molecule has 2 N–H and O–H groups in total. The zero-order valence-corrected chi connectivity index (χ0v) is 11.3. The molecule has 0 bridgehead atoms. The number of aromatic nitrogens is 1. The summed E-state index contributed by atoms with van der Waals surface area (Å²) < 4.78 is 13.6. The van der Waals surface area contributed by atoms with E-state index in [0.717, 1.165) is 19.3 Å². The van der Waals surface area contributed by atoms with Gasteiger partial charge >= 0.3 is 0 Å². The zero-order valence-electron chi connectivity index (χ0n) is 10.5. The Kier molecular flexibility index (Phi) is 4.58. The van der Waals surface area contributed by atoms with Gasteiger partial charge in [-0.25, -0.2) is 0 Å². The fourth-order valence-electron chi connectivity index (χ4n) is 2.42. The van der Waals surface area contributed by atoms with Crippen LogP contribution >= 0.6 is 0 Å². The molecule has 1 aromatic heterocycles. The molecule has 1 aliphatic rings. The van der Waals surface area contributed by atoms with Crippen LogP contribution in [0.2, 0.25) is 0 Å². The molecular formula is C13H20N2O2S. The van der Waals surface area contributed by atoms with Crippen LogP contribution in [0.5, 0.6) is 0 Å². The summed E-state index contributed by atoms with van der Waals surface area (Å²) in [5.41, 5.74) is 6.18. The summed E-state index contributed by atoms with van der Waals surface area (Å²) >= 11 is 0. The molecule has 1 aliphatic carbocycles. The Morgan fingerprint density at radius 1 is 1.33 bits per heavy atom. The van der Waals surface area contributed by atoms with E-state index in [9.17, 15) is 9.00 Å². The fourth-order valence-corrected chi connectivity index (χ4v) is 4.03. The predicted molar refractivity (Wildman–Crippen MR) is 75.0 cm³/mol. The van der Waals surface area contributed by atoms with Gasteiger partial charge in [0.1, 0.15) is 0 Å². The number of nitrogens with two attached hydrogens (primary N) is 1. The first-order valence-electron chi connectivity index (χ1n) is 6.50. The van der Waals surface area contributed by atoms with Gasteiger partial charge in [-0.3, -0.25) is 9.00 Å². The van der Waals surface area contributed by atoms with Gasteiger partial charge in [-0.05, 0) is 25.3 Å². The molecule has 0 spiro atoms. The Balaban J connectivity index is 1.82. The Hall–Kier alpha value is -1.10. The lowest BCUT2D eigenvalue weighted by Crippen LogP contribution is -2.21. The summed E-state index contributed by atoms with van der Waals surface area (Å²) in [4.78, 5) is 11.5. The second-order valence-electron chi connectivity index (χ2n) is 4.84. The number of rotatable bonds is 5. The highest BCUT2D eigenvalue weighted by Crippen LogP contribution is 2.23. The quantitative estimate of drug-likeness (QED) is 0.880. The SMILES string of the molecule is Nc1ccc(=O)n(CCCS(=O)C2CCCC2)c1. The monoisotopic (exact) mass is 268 g/mol. The van der Waals surface area contributed by atoms with E-state index >= 15 is 0 Å². The number of aryl methyl sites for hydroxylation is 1. The molecule has 18 heavy (non-hydrogen) atoms. The van der Waals surface area contributed by atoms with E-state index < -0.39 is 10.8 Å². The van der Waals surface area contributed by atoms with Crippen molar-refractivity contribution in [1.82, 2.24) is 4.57 Å². The van der Waals surface area contributed by atoms with Crippen LogP contribution in [0.15, 0.2) is 23.1 Å². The van der Waals surface area contributed by atoms with Crippen molar-refractivity contribution in [3.8, 4) is 0 Å². The first kappa shape index (κ1) is 13.3. The van der Waals surface area contributed by atoms with Gasteiger partial charge in [0.15, 0.2) is 0 Å². The summed E-state index contributed by atoms with van der Waals surface area (Å²) in [6, 6.07) is 3.08. The van der Waals surface area contributed by atoms with Gasteiger partial charge in [0.25, 0.3) is 5.56 Å². The van der Waals surface area contributed by atoms with Crippen LogP contribution in [0.3, 0.4) is 0 Å². The minimum Gasteiger partial charge on any atom is -0.398 e. The average Bonchev–Trinajstić information content (AvgIpc) is 2.87. The zero-order chi connectivity index (χ0) is 13.0. The highest BCUT2D eigenvalue weighted by Gasteiger charge is 2.20. The number of hydrogen-bond acceptors (Lipinski definition) is 3. The van der Waals surface area contributed by atoms with Gasteiger partial charge in [-0.2, -0.15) is 0 Å². The van der Waals surface area contributed by atoms with Gasteiger partial charge in [0, 0.05) is 46.3 Å². The first-order valence-corrected chi connectivity index (χ1v) is 7.88. The maximum Gasteiger partial charge on any atom is 0.250 e. The second kappa shape index (κ2) is 6.18. The Morgan fingerprint density at radius 3 is 2.78 bits per heavy atom. The fraction of sp³-hybridized carbons (Fsp3) is 0.615. The molecule has 1 atom stereocenters. The summed E-state index contributed by atoms with van der Waals surface area (Å²) in [5, 5.41) is 0.391. The third kappa shape index (κ3) is 3.45. The number of hydrogen-bond donors (Lipinski definition) is 1. The number of anilines is 1. The number of nitrogens with zero attached hydrogens (tertiary/aromatic N) is 1. The lowest BCUT2D eigenvalue weighted by atomic mass is 10.4. The first-order chi connectivity index (χ1) is 8.66. The van der Waals surface area contributed by atoms with Gasteiger partial charge in [0.2, 0.25) is 0 Å². The van der Waals surface area contributed by atoms with E-state index in [0.29, 0.717) is 23.2 Å². The van der Waals surface area contributed by atoms with Crippen LogP contribution in [0.4, 0.5) is 5.69 Å². The number of pyridine rings is 1. The Morgan fingerprint density at radius 2 is 2.06 bits per heavy atom. The van der Waals surface area contributed by atoms with Crippen LogP contribution < -0.4 is 11.3 Å². The lowest BCUT2D eigenvalue weighted by molar-refractivity contribution is 0.637. The molecule has 1 unspecified atom stereocenters. The molecule has 0 saturated heterocycles. The normalized spacial score (nSPS) is 18.0. The summed E-state index contributed by atoms with van der Waals surface area (Å²) in [6.45, 7) is 0.600. The van der Waals surface area contributed by atoms with Crippen molar-refractivity contribution >= 4 is 16.5 Å². The summed E-state index contributed by atoms with van der Waals surface area (Å²) in [5.74, 6) is 0.686. The van der Waals surface area contributed by atoms with Crippen LogP contribution in [0.25, 0.3) is 0 Å². The third-order valence-electron chi connectivity index (χ3n) is 3.42. The van der Waals surface area contributed by atoms with E-state index in [1.54, 1.807) is 16.8 Å². The van der Waals surface area contributed by atoms with Crippen molar-refractivity contribution in [2.24, 2.45) is 0 Å². The van der Waals surface area contributed by atoms with Gasteiger partial charge in [-0.15, -0.1) is 0 Å². The number of nitrogen functional groups attached to an aromatic ring is 1. The molecule has 1 aromatic rings. The van der Waals surface area contributed by atoms with Crippen molar-refractivity contribution < 1.29 is 4.21 Å². The molecule has 0 aliphatic heterocycles. The average molecular weight is 268 g/mol. The van der Waals surface area contributed by atoms with Crippen molar-refractivity contribution in [2.45, 2.75) is 43.9 Å². The topological polar surface area (TPSA) is 65.1 Å². The third-order valence-corrected chi connectivity index (χ3v) is 5.33. The van der Waals surface area contributed by atoms with Gasteiger partial charge in [0.05, 0.1) is 0 Å². The molecule has 0 radical (unpaired) electrons. The maximum atomic E-state index is 12.0. The van der Waals surface area contributed by atoms with E-state index in [1.807, 2.05) is 0 Å². The minimum atomic E-state index is -0.728. The highest BCUT2D eigenvalue weighted by molar-refractivity contribution is 7.85. The molecule has 5 heteroatoms. The summed E-state index contributed by atoms with van der Waals surface area (Å²) in [7, 11) is -0.728. The molecule has 1 heterocycles. The van der Waals surface area contributed by atoms with Gasteiger partial charge < -0.3 is 10.3 Å². The van der Waals surface area contributed by atoms with Crippen molar-refractivity contribution in [1.29, 1.82) is 0 Å². The standard InChI is InChI=1S/C13H20N2O2S/c14-11-6-7-13(16)15(10-11)8-3-9-18(17)12-4-1-2-5-12/h6-7,10,12H,1-5,8-9,14H2. The molecular weight excluding hydrogens is 248 g/mol. The molecule has 0 aromatic carbocycles. The second-order valence-corrected chi connectivity index (χ2v) is 6.68. The lowest BCUT2D eigenvalue weighted by Gasteiger charge is -2.10. The van der Waals surface area contributed by atoms with Crippen LogP contribution in [-0.2, 0) is 17.3 Å². The molecule has 1 saturated carbocycles. The highest BCUT2D eigenvalue weighted by atomic mass is 32.2. The van der Waals surface area contributed by atoms with E-state index in [-0.39, 0.29) is 5.56 Å². The largest absolute Gasteiger partial charge is 0.398 e.